The molecule has 0 saturated carbocycles. The minimum absolute atomic E-state index is 0.0624. The Morgan fingerprint density at radius 3 is 2.30 bits per heavy atom. The van der Waals surface area contributed by atoms with Gasteiger partial charge in [0.1, 0.15) is 23.2 Å². The number of fused-ring (bicyclic) bond motifs is 1. The first-order valence-corrected chi connectivity index (χ1v) is 16.3. The number of halogens is 1. The van der Waals surface area contributed by atoms with Gasteiger partial charge in [0.05, 0.1) is 7.11 Å². The van der Waals surface area contributed by atoms with Crippen molar-refractivity contribution < 1.29 is 19.1 Å². The third kappa shape index (κ3) is 9.97. The number of hydrogen-bond acceptors (Lipinski definition) is 6. The van der Waals surface area contributed by atoms with Crippen LogP contribution < -0.4 is 10.1 Å². The summed E-state index contributed by atoms with van der Waals surface area (Å²) < 4.78 is 11.9. The lowest BCUT2D eigenvalue weighted by Gasteiger charge is -2.20. The first-order valence-electron chi connectivity index (χ1n) is 14.6. The van der Waals surface area contributed by atoms with Crippen molar-refractivity contribution in [3.8, 4) is 11.5 Å². The zero-order valence-corrected chi connectivity index (χ0v) is 28.5. The van der Waals surface area contributed by atoms with Gasteiger partial charge in [-0.3, -0.25) is 4.79 Å². The molecular weight excluding hydrogens is 624 g/mol. The number of pyridine rings is 1. The van der Waals surface area contributed by atoms with Gasteiger partial charge in [0.25, 0.3) is 5.91 Å². The van der Waals surface area contributed by atoms with Crippen molar-refractivity contribution in [2.75, 3.05) is 7.11 Å². The Labute approximate surface area is 268 Å². The molecule has 8 heteroatoms. The molecule has 0 spiro atoms. The second kappa shape index (κ2) is 15.6. The number of ether oxygens (including phenoxy) is 2. The molecule has 1 N–H and O–H groups in total. The predicted octanol–water partition coefficient (Wildman–Crippen LogP) is 9.47. The highest BCUT2D eigenvalue weighted by Gasteiger charge is 2.25. The maximum atomic E-state index is 13.5. The lowest BCUT2D eigenvalue weighted by Crippen LogP contribution is -2.42. The minimum atomic E-state index is -0.908. The second-order valence-electron chi connectivity index (χ2n) is 11.7. The van der Waals surface area contributed by atoms with E-state index in [-0.39, 0.29) is 17.5 Å². The van der Waals surface area contributed by atoms with E-state index in [9.17, 15) is 9.59 Å². The molecule has 0 aliphatic rings. The van der Waals surface area contributed by atoms with Crippen molar-refractivity contribution >= 4 is 50.3 Å². The van der Waals surface area contributed by atoms with Gasteiger partial charge in [-0.2, -0.15) is 0 Å². The molecule has 1 aromatic heterocycles. The highest BCUT2D eigenvalue weighted by molar-refractivity contribution is 9.14. The van der Waals surface area contributed by atoms with E-state index in [1.54, 1.807) is 6.07 Å². The minimum Gasteiger partial charge on any atom is -0.467 e. The maximum absolute atomic E-state index is 13.5. The number of esters is 1. The van der Waals surface area contributed by atoms with Crippen LogP contribution in [0.15, 0.2) is 70.4 Å². The Bertz CT molecular complexity index is 1460. The summed E-state index contributed by atoms with van der Waals surface area (Å²) in [6.07, 6.45) is 4.06. The molecule has 6 nitrogen and oxygen atoms in total. The Kier molecular flexibility index (Phi) is 12.5. The van der Waals surface area contributed by atoms with Crippen molar-refractivity contribution in [3.63, 3.8) is 0 Å². The first kappa shape index (κ1) is 34.4. The van der Waals surface area contributed by atoms with E-state index < -0.39 is 17.9 Å². The molecule has 230 valence electrons. The lowest BCUT2D eigenvalue weighted by atomic mass is 9.87. The molecule has 1 heterocycles. The van der Waals surface area contributed by atoms with Crippen molar-refractivity contribution in [3.05, 3.63) is 87.4 Å². The topological polar surface area (TPSA) is 77.5 Å². The van der Waals surface area contributed by atoms with Gasteiger partial charge in [0.2, 0.25) is 0 Å². The van der Waals surface area contributed by atoms with E-state index >= 15 is 0 Å². The van der Waals surface area contributed by atoms with Crippen LogP contribution in [0.1, 0.15) is 82.0 Å². The van der Waals surface area contributed by atoms with Gasteiger partial charge in [-0.25, -0.2) is 9.78 Å². The smallest absolute Gasteiger partial charge is 0.328 e. The number of nitrogens with one attached hydrogen (secondary N) is 1. The van der Waals surface area contributed by atoms with Crippen molar-refractivity contribution in [2.45, 2.75) is 78.2 Å². The van der Waals surface area contributed by atoms with E-state index in [1.807, 2.05) is 30.3 Å². The van der Waals surface area contributed by atoms with E-state index in [2.05, 4.69) is 81.2 Å². The molecule has 0 fully saturated rings. The molecule has 1 unspecified atom stereocenters. The molecule has 2 aromatic carbocycles. The normalized spacial score (nSPS) is 12.8. The van der Waals surface area contributed by atoms with E-state index in [0.29, 0.717) is 20.4 Å². The van der Waals surface area contributed by atoms with Gasteiger partial charge in [-0.05, 0) is 79.9 Å². The van der Waals surface area contributed by atoms with E-state index in [0.717, 1.165) is 47.9 Å². The number of thioether (sulfide) groups is 1. The Morgan fingerprint density at radius 1 is 1.05 bits per heavy atom. The fourth-order valence-electron chi connectivity index (χ4n) is 4.92. The summed E-state index contributed by atoms with van der Waals surface area (Å²) in [6.45, 7) is 18.7. The summed E-state index contributed by atoms with van der Waals surface area (Å²) in [4.78, 5) is 31.5. The molecule has 43 heavy (non-hydrogen) atoms. The van der Waals surface area contributed by atoms with Crippen LogP contribution in [-0.4, -0.2) is 30.0 Å². The quantitative estimate of drug-likeness (QED) is 0.173. The van der Waals surface area contributed by atoms with Crippen molar-refractivity contribution in [2.24, 2.45) is 5.92 Å². The number of rotatable bonds is 14. The number of hydrogen-bond donors (Lipinski definition) is 1. The molecule has 0 aliphatic heterocycles. The average Bonchev–Trinajstić information content (AvgIpc) is 2.95. The van der Waals surface area contributed by atoms with Crippen LogP contribution >= 0.6 is 27.7 Å². The molecule has 0 radical (unpaired) electrons. The SMILES string of the molecule is C=C(Br)SC(=C)C[C@H](NC(=O)c1cc2ccc(Oc3ccc(C(C)(C)C)cc3)cc2c(CC(CC)CCC)n1)C(=O)OC. The van der Waals surface area contributed by atoms with Crippen LogP contribution in [0, 0.1) is 5.92 Å². The van der Waals surface area contributed by atoms with E-state index in [1.165, 1.54) is 24.4 Å². The van der Waals surface area contributed by atoms with Gasteiger partial charge < -0.3 is 14.8 Å². The predicted molar refractivity (Wildman–Crippen MR) is 182 cm³/mol. The number of carbonyl (C=O) groups excluding carboxylic acids is 2. The number of carbonyl (C=O) groups is 2. The third-order valence-electron chi connectivity index (χ3n) is 7.31. The zero-order chi connectivity index (χ0) is 31.7. The molecule has 0 aliphatic carbocycles. The average molecular weight is 668 g/mol. The monoisotopic (exact) mass is 666 g/mol. The summed E-state index contributed by atoms with van der Waals surface area (Å²) >= 11 is 4.59. The highest BCUT2D eigenvalue weighted by atomic mass is 79.9. The van der Waals surface area contributed by atoms with Crippen LogP contribution in [0.4, 0.5) is 0 Å². The number of amides is 1. The highest BCUT2D eigenvalue weighted by Crippen LogP contribution is 2.32. The molecule has 0 saturated heterocycles. The van der Waals surface area contributed by atoms with Crippen LogP contribution in [0.25, 0.3) is 10.8 Å². The molecule has 3 rings (SSSR count). The summed E-state index contributed by atoms with van der Waals surface area (Å²) in [5, 5.41) is 4.63. The number of benzene rings is 2. The Hall–Kier alpha value is -3.10. The largest absolute Gasteiger partial charge is 0.467 e. The number of nitrogens with zero attached hydrogens (tertiary/aromatic N) is 1. The van der Waals surface area contributed by atoms with Gasteiger partial charge in [-0.1, -0.05) is 97.0 Å². The maximum Gasteiger partial charge on any atom is 0.328 e. The van der Waals surface area contributed by atoms with Gasteiger partial charge in [0.15, 0.2) is 0 Å². The van der Waals surface area contributed by atoms with Crippen molar-refractivity contribution in [1.82, 2.24) is 10.3 Å². The number of aromatic nitrogens is 1. The van der Waals surface area contributed by atoms with Crippen LogP contribution in [0.5, 0.6) is 11.5 Å². The summed E-state index contributed by atoms with van der Waals surface area (Å²) in [5.74, 6) is 0.885. The van der Waals surface area contributed by atoms with E-state index in [4.69, 9.17) is 14.5 Å². The van der Waals surface area contributed by atoms with Crippen molar-refractivity contribution in [1.29, 1.82) is 0 Å². The third-order valence-corrected chi connectivity index (χ3v) is 8.47. The summed E-state index contributed by atoms with van der Waals surface area (Å²) in [7, 11) is 1.30. The number of methoxy groups -OCH3 is 1. The van der Waals surface area contributed by atoms with Crippen LogP contribution in [-0.2, 0) is 21.4 Å². The van der Waals surface area contributed by atoms with Gasteiger partial charge in [0, 0.05) is 21.3 Å². The van der Waals surface area contributed by atoms with Crippen LogP contribution in [0.3, 0.4) is 0 Å². The molecule has 1 amide bonds. The van der Waals surface area contributed by atoms with Gasteiger partial charge >= 0.3 is 5.97 Å². The lowest BCUT2D eigenvalue weighted by molar-refractivity contribution is -0.142. The first-order chi connectivity index (χ1) is 20.3. The van der Waals surface area contributed by atoms with Gasteiger partial charge in [-0.15, -0.1) is 0 Å². The molecule has 3 aromatic rings. The Balaban J connectivity index is 1.96. The summed E-state index contributed by atoms with van der Waals surface area (Å²) in [5.41, 5.74) is 2.38. The fraction of sp³-hybridized carbons (Fsp3) is 0.400. The standard InChI is InChI=1S/C35H43BrN2O4S/c1-9-11-24(10-2)19-30-29-21-28(42-27-16-13-26(14-17-27)35(5,6)7)15-12-25(29)20-31(37-30)33(39)38-32(34(40)41-8)18-22(3)43-23(4)36/h12-17,20-21,24,32H,3-4,9-11,18-19H2,1-2,5-8H3,(H,38,39)/t24?,32-/m0/s1. The molecule has 2 atom stereocenters. The molecular formula is C35H43BrN2O4S. The molecule has 0 bridgehead atoms. The Morgan fingerprint density at radius 2 is 1.72 bits per heavy atom. The zero-order valence-electron chi connectivity index (χ0n) is 26.1. The second-order valence-corrected chi connectivity index (χ2v) is 14.5. The summed E-state index contributed by atoms with van der Waals surface area (Å²) in [6, 6.07) is 14.9. The fourth-order valence-corrected chi connectivity index (χ4v) is 6.17. The van der Waals surface area contributed by atoms with Crippen LogP contribution in [0.2, 0.25) is 0 Å².